The number of benzene rings is 2. The molecule has 0 aliphatic carbocycles. The molecule has 0 saturated carbocycles. The molecule has 0 bridgehead atoms. The number of aliphatic carboxylic acids is 1. The second-order valence-electron chi connectivity index (χ2n) is 11.5. The number of carboxylic acid groups (broad SMARTS) is 1. The molecule has 0 aromatic heterocycles. The molecule has 2 aromatic rings. The van der Waals surface area contributed by atoms with E-state index in [1.165, 1.54) is 53.2 Å². The van der Waals surface area contributed by atoms with Gasteiger partial charge in [-0.25, -0.2) is 14.0 Å². The van der Waals surface area contributed by atoms with Crippen molar-refractivity contribution in [3.8, 4) is 17.2 Å². The number of aryl methyl sites for hydroxylation is 1. The smallest absolute Gasteiger partial charge is 0.341 e. The van der Waals surface area contributed by atoms with Crippen molar-refractivity contribution in [3.63, 3.8) is 0 Å². The first-order valence-electron chi connectivity index (χ1n) is 14.8. The molecule has 250 valence electrons. The van der Waals surface area contributed by atoms with Crippen LogP contribution in [0.25, 0.3) is 0 Å². The topological polar surface area (TPSA) is 155 Å². The highest BCUT2D eigenvalue weighted by Crippen LogP contribution is 2.34. The Morgan fingerprint density at radius 1 is 1.02 bits per heavy atom. The van der Waals surface area contributed by atoms with Crippen molar-refractivity contribution in [2.75, 3.05) is 34.0 Å². The van der Waals surface area contributed by atoms with E-state index in [2.05, 4.69) is 0 Å². The van der Waals surface area contributed by atoms with Crippen molar-refractivity contribution in [2.45, 2.75) is 65.0 Å². The SMILES string of the molecule is COc1ccc(CC[C@@H](OC(=O)[C@@H]2CCCCN2C(=O)C(=O)C(C)(C)COC(C)=O)c2cccc(OCC(=O)O)c2F)cc1OC. The van der Waals surface area contributed by atoms with Crippen LogP contribution in [0.2, 0.25) is 0 Å². The van der Waals surface area contributed by atoms with Gasteiger partial charge in [-0.1, -0.05) is 18.2 Å². The van der Waals surface area contributed by atoms with Gasteiger partial charge >= 0.3 is 17.9 Å². The second kappa shape index (κ2) is 16.1. The summed E-state index contributed by atoms with van der Waals surface area (Å²) in [6.45, 7) is 3.17. The van der Waals surface area contributed by atoms with E-state index < -0.39 is 59.6 Å². The predicted octanol–water partition coefficient (Wildman–Crippen LogP) is 4.06. The van der Waals surface area contributed by atoms with Gasteiger partial charge in [-0.2, -0.15) is 0 Å². The molecule has 1 aliphatic heterocycles. The summed E-state index contributed by atoms with van der Waals surface area (Å²) in [6.07, 6.45) is 0.563. The fraction of sp³-hybridized carbons (Fsp3) is 0.485. The first-order valence-corrected chi connectivity index (χ1v) is 14.8. The number of carboxylic acids is 1. The predicted molar refractivity (Wildman–Crippen MR) is 161 cm³/mol. The molecule has 12 nitrogen and oxygen atoms in total. The van der Waals surface area contributed by atoms with E-state index in [0.29, 0.717) is 30.8 Å². The third kappa shape index (κ3) is 9.18. The van der Waals surface area contributed by atoms with Crippen LogP contribution in [-0.4, -0.2) is 79.6 Å². The van der Waals surface area contributed by atoms with Gasteiger partial charge in [-0.05, 0) is 69.7 Å². The van der Waals surface area contributed by atoms with E-state index in [1.54, 1.807) is 18.2 Å². The highest BCUT2D eigenvalue weighted by atomic mass is 19.1. The Bertz CT molecular complexity index is 1440. The standard InChI is InChI=1S/C33H40FNO11/c1-20(36)45-19-33(2,3)30(39)31(40)35-16-7-6-10-23(35)32(41)46-24(14-12-21-13-15-25(42-4)27(17-21)43-5)22-9-8-11-26(29(22)34)44-18-28(37)38/h8-9,11,13,15,17,23-24H,6-7,10,12,14,16,18-19H2,1-5H3,(H,37,38)/t23-,24+/m0/s1. The highest BCUT2D eigenvalue weighted by Gasteiger charge is 2.42. The van der Waals surface area contributed by atoms with E-state index in [-0.39, 0.29) is 37.3 Å². The van der Waals surface area contributed by atoms with E-state index in [4.69, 9.17) is 28.8 Å². The maximum Gasteiger partial charge on any atom is 0.341 e. The number of methoxy groups -OCH3 is 2. The number of ketones is 1. The largest absolute Gasteiger partial charge is 0.493 e. The molecule has 1 N–H and O–H groups in total. The molecule has 1 aliphatic rings. The highest BCUT2D eigenvalue weighted by molar-refractivity contribution is 6.38. The molecular weight excluding hydrogens is 605 g/mol. The number of Topliss-reactive ketones (excluding diaryl/α,β-unsaturated/α-hetero) is 1. The number of carbonyl (C=O) groups excluding carboxylic acids is 4. The van der Waals surface area contributed by atoms with Crippen LogP contribution in [-0.2, 0) is 39.9 Å². The van der Waals surface area contributed by atoms with Crippen LogP contribution in [0.5, 0.6) is 17.2 Å². The van der Waals surface area contributed by atoms with Crippen LogP contribution < -0.4 is 14.2 Å². The van der Waals surface area contributed by atoms with Crippen LogP contribution in [0.1, 0.15) is 63.7 Å². The number of piperidine rings is 1. The third-order valence-corrected chi connectivity index (χ3v) is 7.57. The van der Waals surface area contributed by atoms with Gasteiger partial charge in [0.05, 0.1) is 19.6 Å². The van der Waals surface area contributed by atoms with Gasteiger partial charge in [-0.15, -0.1) is 0 Å². The fourth-order valence-electron chi connectivity index (χ4n) is 5.05. The van der Waals surface area contributed by atoms with Gasteiger partial charge in [0.2, 0.25) is 5.78 Å². The van der Waals surface area contributed by atoms with Crippen molar-refractivity contribution in [3.05, 3.63) is 53.3 Å². The minimum atomic E-state index is -1.34. The second-order valence-corrected chi connectivity index (χ2v) is 11.5. The van der Waals surface area contributed by atoms with Gasteiger partial charge in [0.15, 0.2) is 29.7 Å². The van der Waals surface area contributed by atoms with Crippen LogP contribution in [0.15, 0.2) is 36.4 Å². The van der Waals surface area contributed by atoms with Crippen LogP contribution in [0.3, 0.4) is 0 Å². The molecule has 2 atom stereocenters. The van der Waals surface area contributed by atoms with Gasteiger partial charge in [0.1, 0.15) is 18.8 Å². The molecule has 3 rings (SSSR count). The summed E-state index contributed by atoms with van der Waals surface area (Å²) in [5, 5.41) is 9.00. The van der Waals surface area contributed by atoms with Crippen LogP contribution in [0.4, 0.5) is 4.39 Å². The van der Waals surface area contributed by atoms with E-state index in [9.17, 15) is 24.0 Å². The minimum Gasteiger partial charge on any atom is -0.493 e. The lowest BCUT2D eigenvalue weighted by Crippen LogP contribution is -2.53. The monoisotopic (exact) mass is 645 g/mol. The first-order chi connectivity index (χ1) is 21.8. The van der Waals surface area contributed by atoms with Crippen molar-refractivity contribution < 1.29 is 57.2 Å². The maximum absolute atomic E-state index is 15.7. The number of likely N-dealkylation sites (tertiary alicyclic amines) is 1. The molecular formula is C33H40FNO11. The Morgan fingerprint density at radius 2 is 1.74 bits per heavy atom. The summed E-state index contributed by atoms with van der Waals surface area (Å²) in [7, 11) is 2.99. The number of amides is 1. The van der Waals surface area contributed by atoms with E-state index >= 15 is 4.39 Å². The van der Waals surface area contributed by atoms with Crippen molar-refractivity contribution in [1.82, 2.24) is 4.90 Å². The summed E-state index contributed by atoms with van der Waals surface area (Å²) >= 11 is 0. The molecule has 46 heavy (non-hydrogen) atoms. The first kappa shape index (κ1) is 35.8. The number of halogens is 1. The molecule has 0 unspecified atom stereocenters. The molecule has 13 heteroatoms. The van der Waals surface area contributed by atoms with Gasteiger partial charge in [0.25, 0.3) is 5.91 Å². The minimum absolute atomic E-state index is 0.0519. The Labute approximate surface area is 266 Å². The fourth-order valence-corrected chi connectivity index (χ4v) is 5.05. The number of esters is 2. The zero-order valence-corrected chi connectivity index (χ0v) is 26.6. The third-order valence-electron chi connectivity index (χ3n) is 7.57. The summed E-state index contributed by atoms with van der Waals surface area (Å²) in [4.78, 5) is 63.8. The lowest BCUT2D eigenvalue weighted by Gasteiger charge is -2.36. The summed E-state index contributed by atoms with van der Waals surface area (Å²) in [6, 6.07) is 8.24. The Morgan fingerprint density at radius 3 is 2.39 bits per heavy atom. The quantitative estimate of drug-likeness (QED) is 0.220. The van der Waals surface area contributed by atoms with Gasteiger partial charge in [0, 0.05) is 19.0 Å². The average Bonchev–Trinajstić information content (AvgIpc) is 3.04. The molecule has 1 heterocycles. The summed E-state index contributed by atoms with van der Waals surface area (Å²) < 4.78 is 42.3. The molecule has 2 aromatic carbocycles. The molecule has 1 amide bonds. The summed E-state index contributed by atoms with van der Waals surface area (Å²) in [5.74, 6) is -4.70. The number of nitrogens with zero attached hydrogens (tertiary/aromatic N) is 1. The van der Waals surface area contributed by atoms with Crippen LogP contribution >= 0.6 is 0 Å². The lowest BCUT2D eigenvalue weighted by molar-refractivity contribution is -0.165. The number of rotatable bonds is 15. The Hall–Kier alpha value is -4.68. The maximum atomic E-state index is 15.7. The Kier molecular flexibility index (Phi) is 12.5. The zero-order chi connectivity index (χ0) is 34.0. The van der Waals surface area contributed by atoms with E-state index in [0.717, 1.165) is 10.5 Å². The number of ether oxygens (including phenoxy) is 5. The van der Waals surface area contributed by atoms with Crippen molar-refractivity contribution in [2.24, 2.45) is 5.41 Å². The number of hydrogen-bond acceptors (Lipinski definition) is 10. The van der Waals surface area contributed by atoms with Crippen molar-refractivity contribution in [1.29, 1.82) is 0 Å². The molecule has 0 spiro atoms. The number of hydrogen-bond donors (Lipinski definition) is 1. The number of carbonyl (C=O) groups is 5. The van der Waals surface area contributed by atoms with E-state index in [1.807, 2.05) is 0 Å². The Balaban J connectivity index is 1.90. The van der Waals surface area contributed by atoms with Crippen LogP contribution in [0, 0.1) is 11.2 Å². The molecule has 1 saturated heterocycles. The molecule has 0 radical (unpaired) electrons. The lowest BCUT2D eigenvalue weighted by atomic mass is 9.87. The van der Waals surface area contributed by atoms with Gasteiger partial charge < -0.3 is 33.7 Å². The normalized spacial score (nSPS) is 15.3. The molecule has 1 fully saturated rings. The average molecular weight is 646 g/mol. The van der Waals surface area contributed by atoms with Crippen molar-refractivity contribution >= 4 is 29.6 Å². The van der Waals surface area contributed by atoms with Gasteiger partial charge in [-0.3, -0.25) is 14.4 Å². The summed E-state index contributed by atoms with van der Waals surface area (Å²) in [5.41, 5.74) is -0.618. The zero-order valence-electron chi connectivity index (χ0n) is 26.6.